The molecule has 2 aromatic rings. The molecule has 1 fully saturated rings. The molecule has 2 heterocycles. The van der Waals surface area contributed by atoms with E-state index in [0.717, 1.165) is 17.2 Å². The second-order valence-corrected chi connectivity index (χ2v) is 5.16. The van der Waals surface area contributed by atoms with Crippen LogP contribution in [-0.4, -0.2) is 24.7 Å². The highest BCUT2D eigenvalue weighted by Gasteiger charge is 2.30. The Bertz CT molecular complexity index is 733. The van der Waals surface area contributed by atoms with E-state index in [9.17, 15) is 14.4 Å². The van der Waals surface area contributed by atoms with Gasteiger partial charge in [0.15, 0.2) is 0 Å². The summed E-state index contributed by atoms with van der Waals surface area (Å²) in [6, 6.07) is 5.31. The van der Waals surface area contributed by atoms with Crippen LogP contribution in [0.1, 0.15) is 30.7 Å². The van der Waals surface area contributed by atoms with E-state index in [1.54, 1.807) is 24.5 Å². The predicted molar refractivity (Wildman–Crippen MR) is 77.5 cm³/mol. The molecule has 0 aliphatic carbocycles. The number of nitrogens with one attached hydrogen (secondary N) is 1. The molecule has 6 heteroatoms. The highest BCUT2D eigenvalue weighted by Crippen LogP contribution is 2.34. The molecule has 114 valence electrons. The smallest absolute Gasteiger partial charge is 0.234 e. The predicted octanol–water partition coefficient (Wildman–Crippen LogP) is 1.92. The number of carbonyl (C=O) groups excluding carboxylic acids is 3. The lowest BCUT2D eigenvalue weighted by Gasteiger charge is -2.19. The Balaban J connectivity index is 1.89. The minimum absolute atomic E-state index is 0.244. The molecule has 1 N–H and O–H groups in total. The van der Waals surface area contributed by atoms with Gasteiger partial charge in [-0.1, -0.05) is 0 Å². The van der Waals surface area contributed by atoms with Gasteiger partial charge in [-0.05, 0) is 24.6 Å². The SMILES string of the molecule is O=CCCOc1ccc2occ(C3CCC(=O)NC3=O)c2c1. The van der Waals surface area contributed by atoms with Crippen molar-refractivity contribution in [2.24, 2.45) is 0 Å². The largest absolute Gasteiger partial charge is 0.493 e. The van der Waals surface area contributed by atoms with Crippen LogP contribution in [0.2, 0.25) is 0 Å². The third-order valence-corrected chi connectivity index (χ3v) is 3.69. The van der Waals surface area contributed by atoms with E-state index >= 15 is 0 Å². The normalized spacial score (nSPS) is 18.3. The van der Waals surface area contributed by atoms with E-state index in [0.29, 0.717) is 37.2 Å². The van der Waals surface area contributed by atoms with Crippen LogP contribution in [0.25, 0.3) is 11.0 Å². The summed E-state index contributed by atoms with van der Waals surface area (Å²) in [5.74, 6) is -0.327. The summed E-state index contributed by atoms with van der Waals surface area (Å²) in [4.78, 5) is 33.6. The molecule has 1 atom stereocenters. The lowest BCUT2D eigenvalue weighted by Crippen LogP contribution is -2.39. The van der Waals surface area contributed by atoms with Gasteiger partial charge in [0.25, 0.3) is 0 Å². The fourth-order valence-corrected chi connectivity index (χ4v) is 2.60. The molecule has 0 radical (unpaired) electrons. The number of imide groups is 1. The van der Waals surface area contributed by atoms with Gasteiger partial charge >= 0.3 is 0 Å². The van der Waals surface area contributed by atoms with E-state index in [4.69, 9.17) is 9.15 Å². The van der Waals surface area contributed by atoms with Gasteiger partial charge in [0.1, 0.15) is 17.6 Å². The Morgan fingerprint density at radius 1 is 1.36 bits per heavy atom. The van der Waals surface area contributed by atoms with Crippen molar-refractivity contribution in [3.63, 3.8) is 0 Å². The Morgan fingerprint density at radius 2 is 2.23 bits per heavy atom. The van der Waals surface area contributed by atoms with Crippen molar-refractivity contribution in [2.75, 3.05) is 6.61 Å². The minimum atomic E-state index is -0.399. The zero-order chi connectivity index (χ0) is 15.5. The average molecular weight is 301 g/mol. The maximum Gasteiger partial charge on any atom is 0.234 e. The minimum Gasteiger partial charge on any atom is -0.493 e. The van der Waals surface area contributed by atoms with E-state index in [1.807, 2.05) is 0 Å². The van der Waals surface area contributed by atoms with Gasteiger partial charge in [-0.3, -0.25) is 14.9 Å². The number of aldehydes is 1. The molecule has 1 aromatic carbocycles. The molecular weight excluding hydrogens is 286 g/mol. The average Bonchev–Trinajstić information content (AvgIpc) is 2.91. The lowest BCUT2D eigenvalue weighted by molar-refractivity contribution is -0.134. The summed E-state index contributed by atoms with van der Waals surface area (Å²) in [6.45, 7) is 0.306. The van der Waals surface area contributed by atoms with Crippen molar-refractivity contribution in [3.8, 4) is 5.75 Å². The Hall–Kier alpha value is -2.63. The molecule has 22 heavy (non-hydrogen) atoms. The van der Waals surface area contributed by atoms with Crippen LogP contribution in [0, 0.1) is 0 Å². The number of ether oxygens (including phenoxy) is 1. The molecule has 6 nitrogen and oxygen atoms in total. The zero-order valence-corrected chi connectivity index (χ0v) is 11.8. The van der Waals surface area contributed by atoms with Crippen molar-refractivity contribution in [1.29, 1.82) is 0 Å². The number of carbonyl (C=O) groups is 3. The summed E-state index contributed by atoms with van der Waals surface area (Å²) in [5, 5.41) is 3.14. The monoisotopic (exact) mass is 301 g/mol. The van der Waals surface area contributed by atoms with Gasteiger partial charge in [-0.2, -0.15) is 0 Å². The molecule has 1 unspecified atom stereocenters. The fraction of sp³-hybridized carbons (Fsp3) is 0.312. The molecule has 1 aliphatic heterocycles. The van der Waals surface area contributed by atoms with Crippen molar-refractivity contribution in [1.82, 2.24) is 5.32 Å². The summed E-state index contributed by atoms with van der Waals surface area (Å²) < 4.78 is 11.0. The Kier molecular flexibility index (Phi) is 3.91. The molecule has 1 aromatic heterocycles. The summed E-state index contributed by atoms with van der Waals surface area (Å²) in [6.07, 6.45) is 3.46. The number of hydrogen-bond donors (Lipinski definition) is 1. The molecule has 2 amide bonds. The van der Waals surface area contributed by atoms with E-state index < -0.39 is 5.92 Å². The summed E-state index contributed by atoms with van der Waals surface area (Å²) in [7, 11) is 0. The lowest BCUT2D eigenvalue weighted by atomic mass is 9.90. The summed E-state index contributed by atoms with van der Waals surface area (Å²) in [5.41, 5.74) is 1.41. The van der Waals surface area contributed by atoms with Crippen LogP contribution in [0.15, 0.2) is 28.9 Å². The van der Waals surface area contributed by atoms with Gasteiger partial charge in [-0.25, -0.2) is 0 Å². The van der Waals surface area contributed by atoms with Crippen LogP contribution < -0.4 is 10.1 Å². The van der Waals surface area contributed by atoms with Gasteiger partial charge in [0, 0.05) is 23.8 Å². The number of piperidine rings is 1. The number of fused-ring (bicyclic) bond motifs is 1. The van der Waals surface area contributed by atoms with Crippen LogP contribution in [0.5, 0.6) is 5.75 Å². The number of furan rings is 1. The number of benzene rings is 1. The zero-order valence-electron chi connectivity index (χ0n) is 11.8. The maximum atomic E-state index is 12.0. The van der Waals surface area contributed by atoms with Gasteiger partial charge in [0.2, 0.25) is 11.8 Å². The highest BCUT2D eigenvalue weighted by molar-refractivity contribution is 6.02. The first-order valence-electron chi connectivity index (χ1n) is 7.10. The molecule has 0 spiro atoms. The molecule has 1 aliphatic rings. The highest BCUT2D eigenvalue weighted by atomic mass is 16.5. The van der Waals surface area contributed by atoms with Crippen molar-refractivity contribution >= 4 is 29.1 Å². The standard InChI is InChI=1S/C16H15NO5/c18-6-1-7-21-10-2-4-14-12(8-10)13(9-22-14)11-3-5-15(19)17-16(11)20/h2,4,6,8-9,11H,1,3,5,7H2,(H,17,19,20). The first-order valence-corrected chi connectivity index (χ1v) is 7.10. The first kappa shape index (κ1) is 14.3. The van der Waals surface area contributed by atoms with E-state index in [-0.39, 0.29) is 11.8 Å². The molecule has 0 bridgehead atoms. The van der Waals surface area contributed by atoms with Crippen LogP contribution in [-0.2, 0) is 14.4 Å². The first-order chi connectivity index (χ1) is 10.7. The third kappa shape index (κ3) is 2.72. The molecule has 3 rings (SSSR count). The number of rotatable bonds is 5. The van der Waals surface area contributed by atoms with Crippen LogP contribution in [0.3, 0.4) is 0 Å². The molecular formula is C16H15NO5. The second kappa shape index (κ2) is 6.01. The van der Waals surface area contributed by atoms with E-state index in [2.05, 4.69) is 5.32 Å². The number of amides is 2. The second-order valence-electron chi connectivity index (χ2n) is 5.16. The molecule has 1 saturated heterocycles. The number of hydrogen-bond acceptors (Lipinski definition) is 5. The van der Waals surface area contributed by atoms with Crippen LogP contribution >= 0.6 is 0 Å². The van der Waals surface area contributed by atoms with Gasteiger partial charge < -0.3 is 13.9 Å². The topological polar surface area (TPSA) is 85.6 Å². The van der Waals surface area contributed by atoms with E-state index in [1.165, 1.54) is 0 Å². The third-order valence-electron chi connectivity index (χ3n) is 3.69. The molecule has 0 saturated carbocycles. The van der Waals surface area contributed by atoms with Crippen molar-refractivity contribution < 1.29 is 23.5 Å². The van der Waals surface area contributed by atoms with Gasteiger partial charge in [-0.15, -0.1) is 0 Å². The van der Waals surface area contributed by atoms with Crippen molar-refractivity contribution in [3.05, 3.63) is 30.0 Å². The maximum absolute atomic E-state index is 12.0. The van der Waals surface area contributed by atoms with Crippen molar-refractivity contribution in [2.45, 2.75) is 25.2 Å². The summed E-state index contributed by atoms with van der Waals surface area (Å²) >= 11 is 0. The quantitative estimate of drug-likeness (QED) is 0.518. The Labute approximate surface area is 126 Å². The fourth-order valence-electron chi connectivity index (χ4n) is 2.60. The van der Waals surface area contributed by atoms with Gasteiger partial charge in [0.05, 0.1) is 18.8 Å². The Morgan fingerprint density at radius 3 is 3.00 bits per heavy atom. The van der Waals surface area contributed by atoms with Crippen LogP contribution in [0.4, 0.5) is 0 Å².